The van der Waals surface area contributed by atoms with E-state index >= 15 is 0 Å². The molecular weight excluding hydrogens is 196 g/mol. The number of hydrogen-bond donors (Lipinski definition) is 0. The van der Waals surface area contributed by atoms with Crippen molar-refractivity contribution in [2.45, 2.75) is 0 Å². The third kappa shape index (κ3) is 1.54. The van der Waals surface area contributed by atoms with Gasteiger partial charge in [0.15, 0.2) is 0 Å². The first-order chi connectivity index (χ1) is 7.93. The van der Waals surface area contributed by atoms with E-state index in [-0.39, 0.29) is 0 Å². The highest BCUT2D eigenvalue weighted by Crippen LogP contribution is 2.20. The van der Waals surface area contributed by atoms with Crippen LogP contribution >= 0.6 is 0 Å². The maximum Gasteiger partial charge on any atom is 0.0708 e. The Morgan fingerprint density at radius 2 is 1.69 bits per heavy atom. The molecule has 0 saturated carbocycles. The van der Waals surface area contributed by atoms with Gasteiger partial charge in [0.25, 0.3) is 0 Å². The fourth-order valence-electron chi connectivity index (χ4n) is 1.76. The maximum atomic E-state index is 4.34. The summed E-state index contributed by atoms with van der Waals surface area (Å²) in [5.41, 5.74) is 3.09. The van der Waals surface area contributed by atoms with Gasteiger partial charge in [0.05, 0.1) is 11.2 Å². The molecule has 0 aliphatic heterocycles. The molecule has 0 spiro atoms. The van der Waals surface area contributed by atoms with Crippen LogP contribution in [0.1, 0.15) is 0 Å². The zero-order chi connectivity index (χ0) is 10.8. The minimum atomic E-state index is 0.982. The summed E-state index contributed by atoms with van der Waals surface area (Å²) in [6, 6.07) is 16.1. The molecule has 0 radical (unpaired) electrons. The number of nitrogens with zero attached hydrogens (tertiary/aromatic N) is 2. The van der Waals surface area contributed by atoms with Crippen molar-refractivity contribution >= 4 is 10.9 Å². The molecule has 2 heteroatoms. The van der Waals surface area contributed by atoms with Crippen molar-refractivity contribution in [2.24, 2.45) is 0 Å². The first-order valence-corrected chi connectivity index (χ1v) is 5.20. The van der Waals surface area contributed by atoms with Gasteiger partial charge >= 0.3 is 0 Å². The lowest BCUT2D eigenvalue weighted by molar-refractivity contribution is 1.32. The molecule has 0 amide bonds. The van der Waals surface area contributed by atoms with E-state index in [4.69, 9.17) is 0 Å². The molecule has 2 nitrogen and oxygen atoms in total. The van der Waals surface area contributed by atoms with Crippen LogP contribution in [0.3, 0.4) is 0 Å². The topological polar surface area (TPSA) is 25.8 Å². The smallest absolute Gasteiger partial charge is 0.0708 e. The molecule has 76 valence electrons. The summed E-state index contributed by atoms with van der Waals surface area (Å²) in [5.74, 6) is 0. The average molecular weight is 206 g/mol. The van der Waals surface area contributed by atoms with Crippen molar-refractivity contribution in [2.75, 3.05) is 0 Å². The standard InChI is InChI=1S/C14H10N2/c1-2-8-15-13(5-1)12-7-6-11-4-3-9-16-14(11)10-12/h1-10H. The predicted molar refractivity (Wildman–Crippen MR) is 65.0 cm³/mol. The average Bonchev–Trinajstić information content (AvgIpc) is 2.39. The molecule has 3 rings (SSSR count). The lowest BCUT2D eigenvalue weighted by Gasteiger charge is -2.01. The Kier molecular flexibility index (Phi) is 2.11. The Morgan fingerprint density at radius 3 is 2.56 bits per heavy atom. The molecule has 0 aliphatic rings. The van der Waals surface area contributed by atoms with E-state index in [2.05, 4.69) is 34.2 Å². The Balaban J connectivity index is 2.19. The number of aromatic nitrogens is 2. The molecule has 2 heterocycles. The van der Waals surface area contributed by atoms with E-state index in [1.165, 1.54) is 0 Å². The largest absolute Gasteiger partial charge is 0.256 e. The molecule has 0 aliphatic carbocycles. The first-order valence-electron chi connectivity index (χ1n) is 5.20. The second-order valence-electron chi connectivity index (χ2n) is 3.63. The maximum absolute atomic E-state index is 4.34. The molecule has 2 aromatic heterocycles. The van der Waals surface area contributed by atoms with E-state index in [9.17, 15) is 0 Å². The summed E-state index contributed by atoms with van der Waals surface area (Å²) < 4.78 is 0. The zero-order valence-corrected chi connectivity index (χ0v) is 8.67. The summed E-state index contributed by atoms with van der Waals surface area (Å²) in [5, 5.41) is 1.15. The quantitative estimate of drug-likeness (QED) is 0.610. The van der Waals surface area contributed by atoms with Crippen LogP contribution in [-0.2, 0) is 0 Å². The van der Waals surface area contributed by atoms with Crippen molar-refractivity contribution in [3.63, 3.8) is 0 Å². The Bertz CT molecular complexity index is 618. The van der Waals surface area contributed by atoms with E-state index in [1.807, 2.05) is 30.5 Å². The molecule has 16 heavy (non-hydrogen) atoms. The molecule has 0 fully saturated rings. The monoisotopic (exact) mass is 206 g/mol. The first kappa shape index (κ1) is 9.04. The van der Waals surface area contributed by atoms with Crippen molar-refractivity contribution in [3.05, 3.63) is 60.9 Å². The Labute approximate surface area is 93.6 Å². The van der Waals surface area contributed by atoms with Gasteiger partial charge in [0, 0.05) is 23.3 Å². The fraction of sp³-hybridized carbons (Fsp3) is 0. The minimum Gasteiger partial charge on any atom is -0.256 e. The van der Waals surface area contributed by atoms with Crippen LogP contribution in [0, 0.1) is 0 Å². The van der Waals surface area contributed by atoms with Gasteiger partial charge in [-0.2, -0.15) is 0 Å². The van der Waals surface area contributed by atoms with Gasteiger partial charge in [0.2, 0.25) is 0 Å². The molecule has 3 aromatic rings. The molecule has 1 aromatic carbocycles. The van der Waals surface area contributed by atoms with Crippen molar-refractivity contribution < 1.29 is 0 Å². The Hall–Kier alpha value is -2.22. The SMILES string of the molecule is c1ccc(-c2ccc3cccnc3c2)nc1. The highest BCUT2D eigenvalue weighted by Gasteiger charge is 1.99. The van der Waals surface area contributed by atoms with Crippen LogP contribution in [0.4, 0.5) is 0 Å². The summed E-state index contributed by atoms with van der Waals surface area (Å²) in [6.45, 7) is 0. The Morgan fingerprint density at radius 1 is 0.750 bits per heavy atom. The van der Waals surface area contributed by atoms with E-state index in [0.717, 1.165) is 22.2 Å². The van der Waals surface area contributed by atoms with Crippen molar-refractivity contribution in [3.8, 4) is 11.3 Å². The number of hydrogen-bond acceptors (Lipinski definition) is 2. The molecule has 0 N–H and O–H groups in total. The lowest BCUT2D eigenvalue weighted by atomic mass is 10.1. The van der Waals surface area contributed by atoms with Gasteiger partial charge in [-0.3, -0.25) is 9.97 Å². The minimum absolute atomic E-state index is 0.982. The molecule has 0 atom stereocenters. The van der Waals surface area contributed by atoms with E-state index < -0.39 is 0 Å². The number of fused-ring (bicyclic) bond motifs is 1. The van der Waals surface area contributed by atoms with Crippen molar-refractivity contribution in [1.29, 1.82) is 0 Å². The summed E-state index contributed by atoms with van der Waals surface area (Å²) in [7, 11) is 0. The van der Waals surface area contributed by atoms with Crippen LogP contribution in [0.5, 0.6) is 0 Å². The lowest BCUT2D eigenvalue weighted by Crippen LogP contribution is -1.83. The van der Waals surface area contributed by atoms with Crippen LogP contribution < -0.4 is 0 Å². The van der Waals surface area contributed by atoms with Crippen LogP contribution in [0.25, 0.3) is 22.2 Å². The highest BCUT2D eigenvalue weighted by molar-refractivity contribution is 5.83. The van der Waals surface area contributed by atoms with Crippen molar-refractivity contribution in [1.82, 2.24) is 9.97 Å². The zero-order valence-electron chi connectivity index (χ0n) is 8.67. The third-order valence-corrected chi connectivity index (χ3v) is 2.57. The van der Waals surface area contributed by atoms with E-state index in [1.54, 1.807) is 6.20 Å². The molecule has 0 bridgehead atoms. The third-order valence-electron chi connectivity index (χ3n) is 2.57. The van der Waals surface area contributed by atoms with Gasteiger partial charge in [-0.25, -0.2) is 0 Å². The molecule has 0 unspecified atom stereocenters. The summed E-state index contributed by atoms with van der Waals surface area (Å²) >= 11 is 0. The number of benzene rings is 1. The number of pyridine rings is 2. The number of rotatable bonds is 1. The highest BCUT2D eigenvalue weighted by atomic mass is 14.7. The van der Waals surface area contributed by atoms with Gasteiger partial charge in [-0.15, -0.1) is 0 Å². The van der Waals surface area contributed by atoms with Gasteiger partial charge in [-0.1, -0.05) is 24.3 Å². The van der Waals surface area contributed by atoms with E-state index in [0.29, 0.717) is 0 Å². The van der Waals surface area contributed by atoms with Gasteiger partial charge in [-0.05, 0) is 24.3 Å². The fourth-order valence-corrected chi connectivity index (χ4v) is 1.76. The van der Waals surface area contributed by atoms with Gasteiger partial charge < -0.3 is 0 Å². The second kappa shape index (κ2) is 3.74. The summed E-state index contributed by atoms with van der Waals surface area (Å²) in [6.07, 6.45) is 3.61. The predicted octanol–water partition coefficient (Wildman–Crippen LogP) is 3.30. The van der Waals surface area contributed by atoms with Crippen LogP contribution in [0.15, 0.2) is 60.9 Å². The molecule has 0 saturated heterocycles. The van der Waals surface area contributed by atoms with Crippen LogP contribution in [0.2, 0.25) is 0 Å². The molecular formula is C14H10N2. The second-order valence-corrected chi connectivity index (χ2v) is 3.63. The van der Waals surface area contributed by atoms with Gasteiger partial charge in [0.1, 0.15) is 0 Å². The van der Waals surface area contributed by atoms with Crippen LogP contribution in [-0.4, -0.2) is 9.97 Å². The summed E-state index contributed by atoms with van der Waals surface area (Å²) in [4.78, 5) is 8.67. The normalized spacial score (nSPS) is 10.5.